The van der Waals surface area contributed by atoms with Crippen LogP contribution in [0, 0.1) is 0 Å². The smallest absolute Gasteiger partial charge is 0.0742 e. The van der Waals surface area contributed by atoms with Gasteiger partial charge in [-0.2, -0.15) is 0 Å². The van der Waals surface area contributed by atoms with Gasteiger partial charge in [0.25, 0.3) is 0 Å². The van der Waals surface area contributed by atoms with Crippen LogP contribution in [0.2, 0.25) is 0 Å². The summed E-state index contributed by atoms with van der Waals surface area (Å²) >= 11 is 0. The van der Waals surface area contributed by atoms with E-state index in [0.717, 1.165) is 19.4 Å². The van der Waals surface area contributed by atoms with Crippen LogP contribution in [0.3, 0.4) is 0 Å². The standard InChI is InChI=1S/C10H21NO2/c1-10(12,8-11)6-3-7-13-9-4-2-5-9/h9,12H,2-8,11H2,1H3. The lowest BCUT2D eigenvalue weighted by atomic mass is 9.96. The van der Waals surface area contributed by atoms with Crippen molar-refractivity contribution in [2.24, 2.45) is 5.73 Å². The molecule has 1 rings (SSSR count). The van der Waals surface area contributed by atoms with Gasteiger partial charge >= 0.3 is 0 Å². The summed E-state index contributed by atoms with van der Waals surface area (Å²) in [6, 6.07) is 0. The SMILES string of the molecule is CC(O)(CN)CCCOC1CCC1. The van der Waals surface area contributed by atoms with Crippen molar-refractivity contribution in [2.45, 2.75) is 50.7 Å². The maximum atomic E-state index is 9.58. The molecule has 0 aromatic carbocycles. The second-order valence-corrected chi connectivity index (χ2v) is 4.23. The molecule has 0 saturated heterocycles. The largest absolute Gasteiger partial charge is 0.389 e. The molecule has 1 atom stereocenters. The maximum absolute atomic E-state index is 9.58. The fraction of sp³-hybridized carbons (Fsp3) is 1.00. The lowest BCUT2D eigenvalue weighted by Gasteiger charge is -2.26. The molecule has 0 spiro atoms. The normalized spacial score (nSPS) is 22.4. The third-order valence-corrected chi connectivity index (χ3v) is 2.71. The van der Waals surface area contributed by atoms with Crippen LogP contribution in [-0.2, 0) is 4.74 Å². The molecule has 1 aliphatic carbocycles. The Kier molecular flexibility index (Phi) is 4.16. The quantitative estimate of drug-likeness (QED) is 0.611. The Labute approximate surface area is 80.3 Å². The summed E-state index contributed by atoms with van der Waals surface area (Å²) in [5.74, 6) is 0. The van der Waals surface area contributed by atoms with Gasteiger partial charge in [-0.05, 0) is 39.0 Å². The van der Waals surface area contributed by atoms with Gasteiger partial charge in [0.05, 0.1) is 11.7 Å². The fourth-order valence-electron chi connectivity index (χ4n) is 1.34. The van der Waals surface area contributed by atoms with Crippen molar-refractivity contribution in [1.29, 1.82) is 0 Å². The summed E-state index contributed by atoms with van der Waals surface area (Å²) in [4.78, 5) is 0. The molecule has 3 N–H and O–H groups in total. The molecule has 1 saturated carbocycles. The Morgan fingerprint density at radius 1 is 1.54 bits per heavy atom. The van der Waals surface area contributed by atoms with Gasteiger partial charge < -0.3 is 15.6 Å². The zero-order valence-electron chi connectivity index (χ0n) is 8.46. The molecule has 3 heteroatoms. The number of hydrogen-bond donors (Lipinski definition) is 2. The average Bonchev–Trinajstić information content (AvgIpc) is 2.01. The van der Waals surface area contributed by atoms with Crippen LogP contribution >= 0.6 is 0 Å². The van der Waals surface area contributed by atoms with E-state index in [0.29, 0.717) is 12.6 Å². The maximum Gasteiger partial charge on any atom is 0.0742 e. The molecule has 1 aliphatic rings. The summed E-state index contributed by atoms with van der Waals surface area (Å²) < 4.78 is 5.57. The molecule has 0 bridgehead atoms. The summed E-state index contributed by atoms with van der Waals surface area (Å²) in [7, 11) is 0. The van der Waals surface area contributed by atoms with E-state index in [9.17, 15) is 5.11 Å². The molecule has 13 heavy (non-hydrogen) atoms. The molecule has 0 aliphatic heterocycles. The van der Waals surface area contributed by atoms with Gasteiger partial charge in [0, 0.05) is 13.2 Å². The first kappa shape index (κ1) is 11.0. The Balaban J connectivity index is 1.93. The highest BCUT2D eigenvalue weighted by Crippen LogP contribution is 2.22. The van der Waals surface area contributed by atoms with Crippen LogP contribution in [-0.4, -0.2) is 30.0 Å². The zero-order chi connectivity index (χ0) is 9.73. The van der Waals surface area contributed by atoms with Crippen LogP contribution in [0.4, 0.5) is 0 Å². The highest BCUT2D eigenvalue weighted by molar-refractivity contribution is 4.73. The first-order chi connectivity index (χ1) is 6.14. The monoisotopic (exact) mass is 187 g/mol. The molecule has 3 nitrogen and oxygen atoms in total. The molecule has 0 aromatic heterocycles. The van der Waals surface area contributed by atoms with E-state index < -0.39 is 5.60 Å². The van der Waals surface area contributed by atoms with Crippen LogP contribution in [0.5, 0.6) is 0 Å². The summed E-state index contributed by atoms with van der Waals surface area (Å²) in [6.45, 7) is 2.87. The molecule has 1 fully saturated rings. The number of rotatable bonds is 6. The van der Waals surface area contributed by atoms with Crippen molar-refractivity contribution in [1.82, 2.24) is 0 Å². The number of aliphatic hydroxyl groups is 1. The molecule has 0 amide bonds. The molecular formula is C10H21NO2. The van der Waals surface area contributed by atoms with Crippen molar-refractivity contribution in [3.63, 3.8) is 0 Å². The van der Waals surface area contributed by atoms with Crippen LogP contribution in [0.1, 0.15) is 39.0 Å². The van der Waals surface area contributed by atoms with Crippen molar-refractivity contribution < 1.29 is 9.84 Å². The van der Waals surface area contributed by atoms with E-state index in [1.807, 2.05) is 0 Å². The number of hydrogen-bond acceptors (Lipinski definition) is 3. The third-order valence-electron chi connectivity index (χ3n) is 2.71. The Morgan fingerprint density at radius 3 is 2.69 bits per heavy atom. The summed E-state index contributed by atoms with van der Waals surface area (Å²) in [5, 5.41) is 9.58. The van der Waals surface area contributed by atoms with Crippen molar-refractivity contribution in [3.8, 4) is 0 Å². The zero-order valence-corrected chi connectivity index (χ0v) is 8.46. The van der Waals surface area contributed by atoms with E-state index in [2.05, 4.69) is 0 Å². The minimum absolute atomic E-state index is 0.330. The van der Waals surface area contributed by atoms with Gasteiger partial charge in [0.2, 0.25) is 0 Å². The van der Waals surface area contributed by atoms with E-state index in [1.165, 1.54) is 19.3 Å². The highest BCUT2D eigenvalue weighted by Gasteiger charge is 2.19. The molecule has 0 aromatic rings. The van der Waals surface area contributed by atoms with Gasteiger partial charge in [-0.3, -0.25) is 0 Å². The first-order valence-electron chi connectivity index (χ1n) is 5.18. The Morgan fingerprint density at radius 2 is 2.23 bits per heavy atom. The van der Waals surface area contributed by atoms with Gasteiger partial charge in [-0.25, -0.2) is 0 Å². The fourth-order valence-corrected chi connectivity index (χ4v) is 1.34. The highest BCUT2D eigenvalue weighted by atomic mass is 16.5. The van der Waals surface area contributed by atoms with E-state index in [1.54, 1.807) is 6.92 Å². The lowest BCUT2D eigenvalue weighted by Crippen LogP contribution is -2.34. The minimum atomic E-state index is -0.705. The number of nitrogens with two attached hydrogens (primary N) is 1. The third kappa shape index (κ3) is 4.07. The molecule has 1 unspecified atom stereocenters. The second-order valence-electron chi connectivity index (χ2n) is 4.23. The van der Waals surface area contributed by atoms with Crippen LogP contribution in [0.15, 0.2) is 0 Å². The van der Waals surface area contributed by atoms with Gasteiger partial charge in [0.15, 0.2) is 0 Å². The van der Waals surface area contributed by atoms with Gasteiger partial charge in [-0.1, -0.05) is 0 Å². The van der Waals surface area contributed by atoms with E-state index >= 15 is 0 Å². The molecular weight excluding hydrogens is 166 g/mol. The van der Waals surface area contributed by atoms with Crippen LogP contribution < -0.4 is 5.73 Å². The van der Waals surface area contributed by atoms with Crippen molar-refractivity contribution >= 4 is 0 Å². The summed E-state index contributed by atoms with van der Waals surface area (Å²) in [6.07, 6.45) is 5.88. The van der Waals surface area contributed by atoms with Crippen molar-refractivity contribution in [2.75, 3.05) is 13.2 Å². The van der Waals surface area contributed by atoms with Crippen LogP contribution in [0.25, 0.3) is 0 Å². The first-order valence-corrected chi connectivity index (χ1v) is 5.18. The number of ether oxygens (including phenoxy) is 1. The summed E-state index contributed by atoms with van der Waals surface area (Å²) in [5.41, 5.74) is 4.69. The van der Waals surface area contributed by atoms with E-state index in [4.69, 9.17) is 10.5 Å². The second kappa shape index (κ2) is 4.94. The Hall–Kier alpha value is -0.120. The molecule has 0 heterocycles. The van der Waals surface area contributed by atoms with Crippen molar-refractivity contribution in [3.05, 3.63) is 0 Å². The molecule has 0 radical (unpaired) electrons. The minimum Gasteiger partial charge on any atom is -0.389 e. The predicted molar refractivity (Wildman–Crippen MR) is 52.5 cm³/mol. The molecule has 78 valence electrons. The van der Waals surface area contributed by atoms with Gasteiger partial charge in [0.1, 0.15) is 0 Å². The topological polar surface area (TPSA) is 55.5 Å². The average molecular weight is 187 g/mol. The predicted octanol–water partition coefficient (Wildman–Crippen LogP) is 1.05. The van der Waals surface area contributed by atoms with Gasteiger partial charge in [-0.15, -0.1) is 0 Å². The van der Waals surface area contributed by atoms with E-state index in [-0.39, 0.29) is 0 Å². The lowest BCUT2D eigenvalue weighted by molar-refractivity contribution is -0.0115. The Bertz CT molecular complexity index is 144.